The van der Waals surface area contributed by atoms with Crippen LogP contribution in [0.5, 0.6) is 0 Å². The van der Waals surface area contributed by atoms with Crippen molar-refractivity contribution in [3.63, 3.8) is 0 Å². The van der Waals surface area contributed by atoms with Crippen LogP contribution in [0.1, 0.15) is 27.2 Å². The molecule has 1 fully saturated rings. The Kier molecular flexibility index (Phi) is 6.40. The second-order valence-corrected chi connectivity index (χ2v) is 7.96. The van der Waals surface area contributed by atoms with Gasteiger partial charge in [0.1, 0.15) is 0 Å². The third kappa shape index (κ3) is 3.35. The van der Waals surface area contributed by atoms with Gasteiger partial charge in [-0.1, -0.05) is 6.92 Å². The molecule has 0 amide bonds. The topological polar surface area (TPSA) is 133 Å². The number of carbonyl (C=O) groups excluding carboxylic acids is 2. The molecular formula is C17H22N2O8S. The lowest BCUT2D eigenvalue weighted by Gasteiger charge is -2.52. The second-order valence-electron chi connectivity index (χ2n) is 6.10. The quantitative estimate of drug-likeness (QED) is 0.270. The Bertz CT molecular complexity index is 848. The summed E-state index contributed by atoms with van der Waals surface area (Å²) in [6, 6.07) is 4.21. The van der Waals surface area contributed by atoms with Crippen LogP contribution in [0.25, 0.3) is 0 Å². The van der Waals surface area contributed by atoms with Crippen molar-refractivity contribution in [1.82, 2.24) is 4.31 Å². The summed E-state index contributed by atoms with van der Waals surface area (Å²) < 4.78 is 37.1. The summed E-state index contributed by atoms with van der Waals surface area (Å²) in [6.07, 6.45) is 0.351. The molecule has 154 valence electrons. The van der Waals surface area contributed by atoms with Crippen LogP contribution in [0, 0.1) is 16.0 Å². The highest BCUT2D eigenvalue weighted by atomic mass is 32.2. The number of sulfonamides is 1. The number of non-ortho nitro benzene ring substituents is 1. The Morgan fingerprint density at radius 2 is 1.64 bits per heavy atom. The van der Waals surface area contributed by atoms with E-state index in [1.54, 1.807) is 20.8 Å². The van der Waals surface area contributed by atoms with Crippen LogP contribution >= 0.6 is 0 Å². The number of ether oxygens (including phenoxy) is 2. The van der Waals surface area contributed by atoms with Gasteiger partial charge in [0.05, 0.1) is 23.0 Å². The molecule has 0 N–H and O–H groups in total. The molecule has 1 heterocycles. The van der Waals surface area contributed by atoms with Gasteiger partial charge < -0.3 is 9.47 Å². The lowest BCUT2D eigenvalue weighted by Crippen LogP contribution is -2.76. The predicted octanol–water partition coefficient (Wildman–Crippen LogP) is 1.49. The van der Waals surface area contributed by atoms with Gasteiger partial charge in [0.15, 0.2) is 0 Å². The minimum Gasteiger partial charge on any atom is -0.464 e. The molecule has 2 rings (SSSR count). The highest BCUT2D eigenvalue weighted by Crippen LogP contribution is 2.45. The second kappa shape index (κ2) is 8.23. The molecule has 28 heavy (non-hydrogen) atoms. The Balaban J connectivity index is 2.55. The number of benzene rings is 1. The summed E-state index contributed by atoms with van der Waals surface area (Å²) in [6.45, 7) is 4.67. The van der Waals surface area contributed by atoms with E-state index in [9.17, 15) is 28.1 Å². The zero-order chi connectivity index (χ0) is 21.1. The Morgan fingerprint density at radius 1 is 1.14 bits per heavy atom. The van der Waals surface area contributed by atoms with Crippen LogP contribution in [0.3, 0.4) is 0 Å². The minimum absolute atomic E-state index is 0.0398. The number of nitro benzene ring substituents is 1. The standard InChI is InChI=1S/C17H22N2O8S/c1-4-12-11-18(17(12,15(20)26-5-2)16(21)27-6-3)28(24,25)14-9-7-13(8-10-14)19(22)23/h7-10,12H,4-6,11H2,1-3H3. The molecule has 0 aliphatic carbocycles. The third-order valence-electron chi connectivity index (χ3n) is 4.67. The first-order valence-corrected chi connectivity index (χ1v) is 10.2. The van der Waals surface area contributed by atoms with E-state index in [1.807, 2.05) is 0 Å². The van der Waals surface area contributed by atoms with Gasteiger partial charge in [0.25, 0.3) is 5.69 Å². The molecule has 1 saturated heterocycles. The summed E-state index contributed by atoms with van der Waals surface area (Å²) in [4.78, 5) is 35.4. The SMILES string of the molecule is CCOC(=O)C1(C(=O)OCC)C(CC)CN1S(=O)(=O)c1ccc([N+](=O)[O-])cc1. The van der Waals surface area contributed by atoms with E-state index in [4.69, 9.17) is 9.47 Å². The van der Waals surface area contributed by atoms with Gasteiger partial charge in [-0.3, -0.25) is 10.1 Å². The molecule has 1 aliphatic heterocycles. The summed E-state index contributed by atoms with van der Waals surface area (Å²) in [5.74, 6) is -2.59. The molecule has 11 heteroatoms. The number of rotatable bonds is 8. The molecule has 1 aliphatic rings. The molecule has 0 aromatic heterocycles. The highest BCUT2D eigenvalue weighted by molar-refractivity contribution is 7.89. The van der Waals surface area contributed by atoms with E-state index in [0.29, 0.717) is 6.42 Å². The number of hydrogen-bond acceptors (Lipinski definition) is 8. The molecule has 0 saturated carbocycles. The first-order chi connectivity index (χ1) is 13.2. The molecule has 1 aromatic rings. The van der Waals surface area contributed by atoms with Gasteiger partial charge in [-0.15, -0.1) is 0 Å². The molecule has 1 atom stereocenters. The predicted molar refractivity (Wildman–Crippen MR) is 96.8 cm³/mol. The fraction of sp³-hybridized carbons (Fsp3) is 0.529. The number of nitrogens with zero attached hydrogens (tertiary/aromatic N) is 2. The van der Waals surface area contributed by atoms with E-state index in [0.717, 1.165) is 28.6 Å². The van der Waals surface area contributed by atoms with Gasteiger partial charge >= 0.3 is 11.9 Å². The maximum absolute atomic E-state index is 13.1. The number of carbonyl (C=O) groups is 2. The first kappa shape index (κ1) is 21.8. The minimum atomic E-state index is -4.31. The van der Waals surface area contributed by atoms with Crippen molar-refractivity contribution in [3.05, 3.63) is 34.4 Å². The van der Waals surface area contributed by atoms with Crippen LogP contribution < -0.4 is 0 Å². The van der Waals surface area contributed by atoms with E-state index < -0.39 is 38.3 Å². The van der Waals surface area contributed by atoms with Crippen LogP contribution in [0.2, 0.25) is 0 Å². The summed E-state index contributed by atoms with van der Waals surface area (Å²) in [5.41, 5.74) is -2.39. The maximum Gasteiger partial charge on any atom is 0.339 e. The molecule has 0 spiro atoms. The third-order valence-corrected chi connectivity index (χ3v) is 6.56. The lowest BCUT2D eigenvalue weighted by atomic mass is 9.74. The van der Waals surface area contributed by atoms with Crippen LogP contribution in [0.4, 0.5) is 5.69 Å². The number of nitro groups is 1. The Hall–Kier alpha value is -2.53. The van der Waals surface area contributed by atoms with E-state index in [1.165, 1.54) is 0 Å². The number of hydrogen-bond donors (Lipinski definition) is 0. The van der Waals surface area contributed by atoms with E-state index >= 15 is 0 Å². The molecule has 10 nitrogen and oxygen atoms in total. The van der Waals surface area contributed by atoms with Crippen molar-refractivity contribution in [2.24, 2.45) is 5.92 Å². The molecule has 0 bridgehead atoms. The van der Waals surface area contributed by atoms with Gasteiger partial charge in [-0.05, 0) is 32.4 Å². The highest BCUT2D eigenvalue weighted by Gasteiger charge is 2.69. The van der Waals surface area contributed by atoms with Gasteiger partial charge in [-0.2, -0.15) is 4.31 Å². The fourth-order valence-corrected chi connectivity index (χ4v) is 5.04. The monoisotopic (exact) mass is 414 g/mol. The Morgan fingerprint density at radius 3 is 2.04 bits per heavy atom. The average Bonchev–Trinajstić information content (AvgIpc) is 2.62. The summed E-state index contributed by atoms with van der Waals surface area (Å²) >= 11 is 0. The van der Waals surface area contributed by atoms with Crippen molar-refractivity contribution in [1.29, 1.82) is 0 Å². The van der Waals surface area contributed by atoms with Crippen LogP contribution in [-0.4, -0.2) is 54.9 Å². The van der Waals surface area contributed by atoms with Gasteiger partial charge in [0, 0.05) is 24.6 Å². The fourth-order valence-electron chi connectivity index (χ4n) is 3.25. The van der Waals surface area contributed by atoms with E-state index in [-0.39, 0.29) is 30.3 Å². The smallest absolute Gasteiger partial charge is 0.339 e. The maximum atomic E-state index is 13.1. The van der Waals surface area contributed by atoms with Crippen molar-refractivity contribution in [2.45, 2.75) is 37.6 Å². The normalized spacial score (nSPS) is 18.8. The summed E-state index contributed by atoms with van der Waals surface area (Å²) in [7, 11) is -4.31. The van der Waals surface area contributed by atoms with Crippen molar-refractivity contribution < 1.29 is 32.4 Å². The lowest BCUT2D eigenvalue weighted by molar-refractivity contribution is -0.384. The zero-order valence-electron chi connectivity index (χ0n) is 15.8. The van der Waals surface area contributed by atoms with Gasteiger partial charge in [-0.25, -0.2) is 18.0 Å². The van der Waals surface area contributed by atoms with E-state index in [2.05, 4.69) is 0 Å². The van der Waals surface area contributed by atoms with Gasteiger partial charge in [0.2, 0.25) is 15.6 Å². The average molecular weight is 414 g/mol. The first-order valence-electron chi connectivity index (χ1n) is 8.79. The molecule has 0 radical (unpaired) electrons. The molecule has 1 unspecified atom stereocenters. The van der Waals surface area contributed by atoms with Crippen molar-refractivity contribution in [3.8, 4) is 0 Å². The zero-order valence-corrected chi connectivity index (χ0v) is 16.6. The van der Waals surface area contributed by atoms with Crippen molar-refractivity contribution >= 4 is 27.6 Å². The van der Waals surface area contributed by atoms with Crippen LogP contribution in [-0.2, 0) is 29.1 Å². The largest absolute Gasteiger partial charge is 0.464 e. The Labute approximate surface area is 162 Å². The number of esters is 2. The van der Waals surface area contributed by atoms with Crippen molar-refractivity contribution in [2.75, 3.05) is 19.8 Å². The molecular weight excluding hydrogens is 392 g/mol. The summed E-state index contributed by atoms with van der Waals surface area (Å²) in [5, 5.41) is 10.8. The van der Waals surface area contributed by atoms with Crippen LogP contribution in [0.15, 0.2) is 29.2 Å². The molecule has 1 aromatic carbocycles.